The molecular formula is C20H32N4O3S. The summed E-state index contributed by atoms with van der Waals surface area (Å²) < 4.78 is 29.1. The summed E-state index contributed by atoms with van der Waals surface area (Å²) in [4.78, 5) is 13.1. The molecule has 0 radical (unpaired) electrons. The lowest BCUT2D eigenvalue weighted by molar-refractivity contribution is -0.127. The number of carbonyl (C=O) groups is 1. The van der Waals surface area contributed by atoms with Crippen LogP contribution in [0, 0.1) is 30.6 Å². The Balaban J connectivity index is 1.40. The van der Waals surface area contributed by atoms with Gasteiger partial charge in [-0.05, 0) is 63.7 Å². The zero-order valence-corrected chi connectivity index (χ0v) is 17.9. The lowest BCUT2D eigenvalue weighted by Crippen LogP contribution is -2.48. The molecule has 3 aliphatic rings. The van der Waals surface area contributed by atoms with E-state index in [-0.39, 0.29) is 29.3 Å². The molecule has 4 rings (SSSR count). The smallest absolute Gasteiger partial charge is 0.246 e. The first kappa shape index (κ1) is 19.9. The van der Waals surface area contributed by atoms with Crippen LogP contribution in [0.1, 0.15) is 51.1 Å². The van der Waals surface area contributed by atoms with E-state index in [4.69, 9.17) is 0 Å². The van der Waals surface area contributed by atoms with Gasteiger partial charge in [-0.2, -0.15) is 9.40 Å². The molecule has 1 saturated heterocycles. The topological polar surface area (TPSA) is 84.3 Å². The van der Waals surface area contributed by atoms with Gasteiger partial charge < -0.3 is 5.32 Å². The first-order valence-corrected chi connectivity index (χ1v) is 12.0. The Morgan fingerprint density at radius 2 is 2.07 bits per heavy atom. The molecular weight excluding hydrogens is 376 g/mol. The zero-order valence-electron chi connectivity index (χ0n) is 17.1. The number of rotatable bonds is 5. The molecule has 2 heterocycles. The molecule has 5 atom stereocenters. The van der Waals surface area contributed by atoms with E-state index in [0.717, 1.165) is 18.3 Å². The van der Waals surface area contributed by atoms with Gasteiger partial charge in [0.2, 0.25) is 15.9 Å². The van der Waals surface area contributed by atoms with Gasteiger partial charge in [0.1, 0.15) is 4.90 Å². The second kappa shape index (κ2) is 7.44. The van der Waals surface area contributed by atoms with Gasteiger partial charge in [0.25, 0.3) is 0 Å². The fourth-order valence-electron chi connectivity index (χ4n) is 5.60. The van der Waals surface area contributed by atoms with Crippen LogP contribution in [0.25, 0.3) is 0 Å². The normalized spacial score (nSPS) is 31.8. The van der Waals surface area contributed by atoms with Crippen LogP contribution in [0.2, 0.25) is 0 Å². The number of amides is 1. The number of nitrogens with zero attached hydrogens (tertiary/aromatic N) is 3. The number of piperidine rings is 1. The number of aromatic nitrogens is 2. The summed E-state index contributed by atoms with van der Waals surface area (Å²) in [6.07, 6.45) is 8.07. The van der Waals surface area contributed by atoms with E-state index in [1.165, 1.54) is 36.2 Å². The standard InChI is InChI=1S/C20H32N4O3S/c1-13(18-10-15-6-7-16(18)9-15)22-20(25)17-5-4-8-24(12-17)28(26,27)19-11-21-23(3)14(19)2/h11,13,15-18H,4-10,12H2,1-3H3,(H,22,25)/t13-,15+,16+,17+,18+/m1/s1. The van der Waals surface area contributed by atoms with Crippen molar-refractivity contribution in [3.8, 4) is 0 Å². The van der Waals surface area contributed by atoms with Crippen LogP contribution in [-0.2, 0) is 21.9 Å². The molecule has 1 amide bonds. The van der Waals surface area contributed by atoms with Gasteiger partial charge in [-0.3, -0.25) is 9.48 Å². The van der Waals surface area contributed by atoms with E-state index in [9.17, 15) is 13.2 Å². The van der Waals surface area contributed by atoms with E-state index in [1.807, 2.05) is 0 Å². The number of hydrogen-bond donors (Lipinski definition) is 1. The average Bonchev–Trinajstić information content (AvgIpc) is 3.39. The number of sulfonamides is 1. The van der Waals surface area contributed by atoms with Crippen molar-refractivity contribution < 1.29 is 13.2 Å². The average molecular weight is 409 g/mol. The maximum Gasteiger partial charge on any atom is 0.246 e. The highest BCUT2D eigenvalue weighted by atomic mass is 32.2. The van der Waals surface area contributed by atoms with Crippen molar-refractivity contribution in [2.75, 3.05) is 13.1 Å². The molecule has 0 spiro atoms. The highest BCUT2D eigenvalue weighted by molar-refractivity contribution is 7.89. The fourth-order valence-corrected chi connectivity index (χ4v) is 7.31. The largest absolute Gasteiger partial charge is 0.353 e. The summed E-state index contributed by atoms with van der Waals surface area (Å²) in [6.45, 7) is 4.60. The van der Waals surface area contributed by atoms with Crippen molar-refractivity contribution in [1.29, 1.82) is 0 Å². The monoisotopic (exact) mass is 408 g/mol. The number of carbonyl (C=O) groups excluding carboxylic acids is 1. The van der Waals surface area contributed by atoms with Crippen molar-refractivity contribution in [1.82, 2.24) is 19.4 Å². The third-order valence-corrected chi connectivity index (χ3v) is 9.34. The Kier molecular flexibility index (Phi) is 5.29. The van der Waals surface area contributed by atoms with Crippen molar-refractivity contribution in [3.63, 3.8) is 0 Å². The Bertz CT molecular complexity index is 850. The van der Waals surface area contributed by atoms with Crippen LogP contribution < -0.4 is 5.32 Å². The summed E-state index contributed by atoms with van der Waals surface area (Å²) in [5.74, 6) is 1.94. The van der Waals surface area contributed by atoms with Crippen molar-refractivity contribution >= 4 is 15.9 Å². The second-order valence-electron chi connectivity index (χ2n) is 9.06. The molecule has 1 aromatic heterocycles. The summed E-state index contributed by atoms with van der Waals surface area (Å²) >= 11 is 0. The Hall–Kier alpha value is -1.41. The molecule has 28 heavy (non-hydrogen) atoms. The Labute approximate surface area is 167 Å². The van der Waals surface area contributed by atoms with Crippen molar-refractivity contribution in [2.45, 2.75) is 63.3 Å². The highest BCUT2D eigenvalue weighted by Crippen LogP contribution is 2.49. The highest BCUT2D eigenvalue weighted by Gasteiger charge is 2.43. The number of nitrogens with one attached hydrogen (secondary N) is 1. The zero-order chi connectivity index (χ0) is 20.1. The van der Waals surface area contributed by atoms with E-state index in [1.54, 1.807) is 18.7 Å². The molecule has 2 saturated carbocycles. The minimum Gasteiger partial charge on any atom is -0.353 e. The molecule has 3 fully saturated rings. The minimum absolute atomic E-state index is 0.0121. The number of hydrogen-bond acceptors (Lipinski definition) is 4. The lowest BCUT2D eigenvalue weighted by Gasteiger charge is -2.33. The third-order valence-electron chi connectivity index (χ3n) is 7.37. The summed E-state index contributed by atoms with van der Waals surface area (Å²) in [5, 5.41) is 7.29. The van der Waals surface area contributed by atoms with E-state index < -0.39 is 10.0 Å². The third kappa shape index (κ3) is 3.49. The maximum atomic E-state index is 13.0. The van der Waals surface area contributed by atoms with Gasteiger partial charge >= 0.3 is 0 Å². The molecule has 1 aliphatic heterocycles. The predicted octanol–water partition coefficient (Wildman–Crippen LogP) is 2.07. The molecule has 2 bridgehead atoms. The minimum atomic E-state index is -3.62. The summed E-state index contributed by atoms with van der Waals surface area (Å²) in [6, 6.07) is 0.176. The Morgan fingerprint density at radius 3 is 2.68 bits per heavy atom. The van der Waals surface area contributed by atoms with Crippen molar-refractivity contribution in [2.24, 2.45) is 30.7 Å². The number of fused-ring (bicyclic) bond motifs is 2. The molecule has 0 aromatic carbocycles. The van der Waals surface area contributed by atoms with Crippen LogP contribution in [0.4, 0.5) is 0 Å². The molecule has 8 heteroatoms. The fraction of sp³-hybridized carbons (Fsp3) is 0.800. The SMILES string of the molecule is Cc1c(S(=O)(=O)N2CCC[C@H](C(=O)N[C@H](C)[C@@H]3C[C@H]4CC[C@H]3C4)C2)cnn1C. The van der Waals surface area contributed by atoms with Crippen LogP contribution in [0.5, 0.6) is 0 Å². The van der Waals surface area contributed by atoms with Gasteiger partial charge in [0.15, 0.2) is 0 Å². The lowest BCUT2D eigenvalue weighted by atomic mass is 9.83. The quantitative estimate of drug-likeness (QED) is 0.808. The van der Waals surface area contributed by atoms with Gasteiger partial charge in [0.05, 0.1) is 17.8 Å². The van der Waals surface area contributed by atoms with Crippen LogP contribution in [0.15, 0.2) is 11.1 Å². The van der Waals surface area contributed by atoms with Crippen LogP contribution in [-0.4, -0.2) is 47.5 Å². The molecule has 2 aliphatic carbocycles. The summed E-state index contributed by atoms with van der Waals surface area (Å²) in [5.41, 5.74) is 0.622. The van der Waals surface area contributed by atoms with Crippen molar-refractivity contribution in [3.05, 3.63) is 11.9 Å². The van der Waals surface area contributed by atoms with E-state index in [2.05, 4.69) is 17.3 Å². The molecule has 1 aromatic rings. The van der Waals surface area contributed by atoms with E-state index >= 15 is 0 Å². The molecule has 0 unspecified atom stereocenters. The summed E-state index contributed by atoms with van der Waals surface area (Å²) in [7, 11) is -1.89. The number of aryl methyl sites for hydroxylation is 1. The molecule has 1 N–H and O–H groups in total. The molecule has 156 valence electrons. The van der Waals surface area contributed by atoms with Gasteiger partial charge in [0, 0.05) is 26.2 Å². The first-order chi connectivity index (χ1) is 13.3. The predicted molar refractivity (Wildman–Crippen MR) is 106 cm³/mol. The first-order valence-electron chi connectivity index (χ1n) is 10.6. The molecule has 7 nitrogen and oxygen atoms in total. The van der Waals surface area contributed by atoms with Gasteiger partial charge in [-0.25, -0.2) is 8.42 Å². The Morgan fingerprint density at radius 1 is 1.29 bits per heavy atom. The second-order valence-corrected chi connectivity index (χ2v) is 11.0. The maximum absolute atomic E-state index is 13.0. The van der Waals surface area contributed by atoms with Crippen LogP contribution in [0.3, 0.4) is 0 Å². The van der Waals surface area contributed by atoms with Crippen LogP contribution >= 0.6 is 0 Å². The van der Waals surface area contributed by atoms with E-state index in [0.29, 0.717) is 24.6 Å². The van der Waals surface area contributed by atoms with Gasteiger partial charge in [-0.15, -0.1) is 0 Å². The van der Waals surface area contributed by atoms with Gasteiger partial charge in [-0.1, -0.05) is 6.42 Å².